The summed E-state index contributed by atoms with van der Waals surface area (Å²) in [4.78, 5) is 17.9. The minimum Gasteiger partial charge on any atom is -0.306 e. The van der Waals surface area contributed by atoms with Gasteiger partial charge in [-0.25, -0.2) is 4.98 Å². The molecule has 2 aromatic heterocycles. The zero-order valence-corrected chi connectivity index (χ0v) is 11.9. The Morgan fingerprint density at radius 2 is 2.18 bits per heavy atom. The van der Waals surface area contributed by atoms with Crippen molar-refractivity contribution < 1.29 is 4.79 Å². The molecule has 1 amide bonds. The number of aromatic nitrogens is 1. The summed E-state index contributed by atoms with van der Waals surface area (Å²) in [6.07, 6.45) is 1.67. The fourth-order valence-corrected chi connectivity index (χ4v) is 2.61. The molecule has 0 aromatic carbocycles. The van der Waals surface area contributed by atoms with E-state index in [9.17, 15) is 4.79 Å². The molecule has 0 saturated heterocycles. The Morgan fingerprint density at radius 1 is 1.41 bits per heavy atom. The minimum absolute atomic E-state index is 0.110. The Bertz CT molecular complexity index is 565. The number of pyridine rings is 1. The smallest absolute Gasteiger partial charge is 0.266 e. The molecule has 0 bridgehead atoms. The van der Waals surface area contributed by atoms with Crippen LogP contribution >= 0.6 is 27.3 Å². The Hall–Kier alpha value is -1.20. The molecule has 88 valence electrons. The molecule has 0 fully saturated rings. The van der Waals surface area contributed by atoms with Gasteiger partial charge in [-0.15, -0.1) is 11.3 Å². The number of halogens is 1. The number of amides is 1. The molecular weight excluding hydrogens is 300 g/mol. The standard InChI is InChI=1S/C12H11BrN2OS/c1-7-5-9(13)6-14-11(7)15-12(16)10-4-3-8(2)17-10/h3-6H,1-2H3,(H,14,15,16). The van der Waals surface area contributed by atoms with Crippen LogP contribution in [0.15, 0.2) is 28.9 Å². The molecule has 1 N–H and O–H groups in total. The van der Waals surface area contributed by atoms with Gasteiger partial charge in [0.05, 0.1) is 4.88 Å². The van der Waals surface area contributed by atoms with E-state index in [1.54, 1.807) is 6.20 Å². The lowest BCUT2D eigenvalue weighted by Crippen LogP contribution is -2.12. The van der Waals surface area contributed by atoms with Crippen molar-refractivity contribution in [2.24, 2.45) is 0 Å². The van der Waals surface area contributed by atoms with Crippen LogP contribution in [0.25, 0.3) is 0 Å². The maximum Gasteiger partial charge on any atom is 0.266 e. The van der Waals surface area contributed by atoms with E-state index in [-0.39, 0.29) is 5.91 Å². The van der Waals surface area contributed by atoms with Gasteiger partial charge in [0.2, 0.25) is 0 Å². The number of thiophene rings is 1. The maximum absolute atomic E-state index is 11.9. The molecule has 0 aliphatic rings. The molecule has 2 rings (SSSR count). The summed E-state index contributed by atoms with van der Waals surface area (Å²) < 4.78 is 0.903. The molecule has 2 aromatic rings. The summed E-state index contributed by atoms with van der Waals surface area (Å²) in [5, 5.41) is 2.81. The molecule has 2 heterocycles. The largest absolute Gasteiger partial charge is 0.306 e. The zero-order chi connectivity index (χ0) is 12.4. The SMILES string of the molecule is Cc1ccc(C(=O)Nc2ncc(Br)cc2C)s1. The van der Waals surface area contributed by atoms with Crippen LogP contribution in [-0.2, 0) is 0 Å². The maximum atomic E-state index is 11.9. The van der Waals surface area contributed by atoms with Crippen molar-refractivity contribution >= 4 is 39.0 Å². The van der Waals surface area contributed by atoms with Crippen molar-refractivity contribution in [1.29, 1.82) is 0 Å². The summed E-state index contributed by atoms with van der Waals surface area (Å²) in [6.45, 7) is 3.89. The van der Waals surface area contributed by atoms with Gasteiger partial charge in [0, 0.05) is 15.5 Å². The fourth-order valence-electron chi connectivity index (χ4n) is 1.40. The van der Waals surface area contributed by atoms with Gasteiger partial charge in [0.15, 0.2) is 0 Å². The van der Waals surface area contributed by atoms with E-state index >= 15 is 0 Å². The van der Waals surface area contributed by atoms with Gasteiger partial charge in [-0.05, 0) is 53.5 Å². The van der Waals surface area contributed by atoms with Crippen LogP contribution in [0, 0.1) is 13.8 Å². The van der Waals surface area contributed by atoms with E-state index in [0.717, 1.165) is 14.9 Å². The lowest BCUT2D eigenvalue weighted by atomic mass is 10.3. The monoisotopic (exact) mass is 310 g/mol. The number of rotatable bonds is 2. The molecule has 0 radical (unpaired) electrons. The van der Waals surface area contributed by atoms with E-state index in [1.165, 1.54) is 11.3 Å². The summed E-state index contributed by atoms with van der Waals surface area (Å²) in [6, 6.07) is 5.67. The Balaban J connectivity index is 2.18. The highest BCUT2D eigenvalue weighted by atomic mass is 79.9. The van der Waals surface area contributed by atoms with Crippen LogP contribution in [-0.4, -0.2) is 10.9 Å². The average Bonchev–Trinajstić information content (AvgIpc) is 2.69. The molecule has 0 aliphatic carbocycles. The Kier molecular flexibility index (Phi) is 3.59. The minimum atomic E-state index is -0.110. The van der Waals surface area contributed by atoms with Crippen LogP contribution in [0.2, 0.25) is 0 Å². The highest BCUT2D eigenvalue weighted by Gasteiger charge is 2.10. The van der Waals surface area contributed by atoms with Crippen molar-refractivity contribution in [3.63, 3.8) is 0 Å². The third-order valence-electron chi connectivity index (χ3n) is 2.24. The first-order chi connectivity index (χ1) is 8.06. The van der Waals surface area contributed by atoms with Gasteiger partial charge >= 0.3 is 0 Å². The quantitative estimate of drug-likeness (QED) is 0.917. The Labute approximate surface area is 112 Å². The summed E-state index contributed by atoms with van der Waals surface area (Å²) in [7, 11) is 0. The Morgan fingerprint density at radius 3 is 2.76 bits per heavy atom. The lowest BCUT2D eigenvalue weighted by molar-refractivity contribution is 0.103. The molecule has 5 heteroatoms. The predicted molar refractivity (Wildman–Crippen MR) is 73.7 cm³/mol. The van der Waals surface area contributed by atoms with Crippen LogP contribution in [0.4, 0.5) is 5.82 Å². The second-order valence-electron chi connectivity index (χ2n) is 3.68. The first-order valence-corrected chi connectivity index (χ1v) is 6.67. The van der Waals surface area contributed by atoms with Crippen LogP contribution in [0.5, 0.6) is 0 Å². The third kappa shape index (κ3) is 2.92. The number of nitrogens with one attached hydrogen (secondary N) is 1. The average molecular weight is 311 g/mol. The summed E-state index contributed by atoms with van der Waals surface area (Å²) >= 11 is 4.81. The van der Waals surface area contributed by atoms with E-state index in [0.29, 0.717) is 10.7 Å². The van der Waals surface area contributed by atoms with Crippen molar-refractivity contribution in [2.75, 3.05) is 5.32 Å². The van der Waals surface area contributed by atoms with Crippen molar-refractivity contribution in [1.82, 2.24) is 4.98 Å². The number of hydrogen-bond acceptors (Lipinski definition) is 3. The highest BCUT2D eigenvalue weighted by molar-refractivity contribution is 9.10. The zero-order valence-electron chi connectivity index (χ0n) is 9.45. The molecule has 0 saturated carbocycles. The third-order valence-corrected chi connectivity index (χ3v) is 3.67. The number of nitrogens with zero attached hydrogens (tertiary/aromatic N) is 1. The molecular formula is C12H11BrN2OS. The fraction of sp³-hybridized carbons (Fsp3) is 0.167. The number of hydrogen-bond donors (Lipinski definition) is 1. The second kappa shape index (κ2) is 4.98. The lowest BCUT2D eigenvalue weighted by Gasteiger charge is -2.06. The first-order valence-electron chi connectivity index (χ1n) is 5.06. The summed E-state index contributed by atoms with van der Waals surface area (Å²) in [5.41, 5.74) is 0.931. The van der Waals surface area contributed by atoms with Crippen molar-refractivity contribution in [3.8, 4) is 0 Å². The van der Waals surface area contributed by atoms with E-state index in [4.69, 9.17) is 0 Å². The molecule has 3 nitrogen and oxygen atoms in total. The molecule has 0 atom stereocenters. The normalized spacial score (nSPS) is 10.3. The first kappa shape index (κ1) is 12.3. The van der Waals surface area contributed by atoms with Crippen LogP contribution < -0.4 is 5.32 Å². The van der Waals surface area contributed by atoms with E-state index < -0.39 is 0 Å². The van der Waals surface area contributed by atoms with Gasteiger partial charge in [-0.2, -0.15) is 0 Å². The van der Waals surface area contributed by atoms with Gasteiger partial charge < -0.3 is 5.32 Å². The van der Waals surface area contributed by atoms with Gasteiger partial charge in [0.1, 0.15) is 5.82 Å². The highest BCUT2D eigenvalue weighted by Crippen LogP contribution is 2.20. The van der Waals surface area contributed by atoms with Gasteiger partial charge in [-0.3, -0.25) is 4.79 Å². The molecule has 17 heavy (non-hydrogen) atoms. The number of anilines is 1. The van der Waals surface area contributed by atoms with Crippen molar-refractivity contribution in [2.45, 2.75) is 13.8 Å². The van der Waals surface area contributed by atoms with Crippen molar-refractivity contribution in [3.05, 3.63) is 44.2 Å². The van der Waals surface area contributed by atoms with E-state index in [2.05, 4.69) is 26.2 Å². The molecule has 0 spiro atoms. The van der Waals surface area contributed by atoms with Crippen LogP contribution in [0.1, 0.15) is 20.1 Å². The van der Waals surface area contributed by atoms with Gasteiger partial charge in [-0.1, -0.05) is 0 Å². The molecule has 0 unspecified atom stereocenters. The number of carbonyl (C=O) groups excluding carboxylic acids is 1. The number of carbonyl (C=O) groups is 1. The summed E-state index contributed by atoms with van der Waals surface area (Å²) in [5.74, 6) is 0.491. The second-order valence-corrected chi connectivity index (χ2v) is 5.89. The number of aryl methyl sites for hydroxylation is 2. The topological polar surface area (TPSA) is 42.0 Å². The van der Waals surface area contributed by atoms with Crippen LogP contribution in [0.3, 0.4) is 0 Å². The molecule has 0 aliphatic heterocycles. The van der Waals surface area contributed by atoms with E-state index in [1.807, 2.05) is 32.0 Å². The predicted octanol–water partition coefficient (Wildman–Crippen LogP) is 3.77. The van der Waals surface area contributed by atoms with Gasteiger partial charge in [0.25, 0.3) is 5.91 Å².